The van der Waals surface area contributed by atoms with E-state index in [0.29, 0.717) is 11.3 Å². The maximum absolute atomic E-state index is 3.59. The van der Waals surface area contributed by atoms with Gasteiger partial charge in [0.05, 0.1) is 0 Å². The first-order chi connectivity index (χ1) is 10.3. The van der Waals surface area contributed by atoms with Crippen molar-refractivity contribution in [3.8, 4) is 0 Å². The van der Waals surface area contributed by atoms with Crippen LogP contribution in [-0.2, 0) is 6.42 Å². The van der Waals surface area contributed by atoms with Crippen LogP contribution in [0.25, 0.3) is 0 Å². The molecular formula is C20H25N. The lowest BCUT2D eigenvalue weighted by atomic mass is 9.66. The average Bonchev–Trinajstić information content (AvgIpc) is 2.55. The number of piperidine rings is 1. The lowest BCUT2D eigenvalue weighted by Gasteiger charge is -2.42. The van der Waals surface area contributed by atoms with Crippen molar-refractivity contribution in [2.75, 3.05) is 13.1 Å². The molecule has 1 heteroatoms. The normalized spacial score (nSPS) is 25.7. The fourth-order valence-corrected chi connectivity index (χ4v) is 3.62. The molecule has 1 aliphatic rings. The molecule has 2 unspecified atom stereocenters. The molecule has 0 spiro atoms. The Morgan fingerprint density at radius 2 is 1.67 bits per heavy atom. The smallest absolute Gasteiger partial charge is 0.00254 e. The molecule has 1 fully saturated rings. The van der Waals surface area contributed by atoms with E-state index in [4.69, 9.17) is 0 Å². The Labute approximate surface area is 128 Å². The third kappa shape index (κ3) is 3.36. The summed E-state index contributed by atoms with van der Waals surface area (Å²) in [5.74, 6) is 0.621. The van der Waals surface area contributed by atoms with Gasteiger partial charge in [-0.1, -0.05) is 67.6 Å². The van der Waals surface area contributed by atoms with Crippen LogP contribution in [0.4, 0.5) is 0 Å². The van der Waals surface area contributed by atoms with Gasteiger partial charge in [0.15, 0.2) is 0 Å². The molecule has 0 aliphatic carbocycles. The summed E-state index contributed by atoms with van der Waals surface area (Å²) in [7, 11) is 0. The van der Waals surface area contributed by atoms with Crippen molar-refractivity contribution in [1.29, 1.82) is 0 Å². The molecule has 21 heavy (non-hydrogen) atoms. The Kier molecular flexibility index (Phi) is 4.40. The Morgan fingerprint density at radius 1 is 1.00 bits per heavy atom. The lowest BCUT2D eigenvalue weighted by Crippen LogP contribution is -2.42. The van der Waals surface area contributed by atoms with Crippen LogP contribution in [0.3, 0.4) is 0 Å². The van der Waals surface area contributed by atoms with Crippen LogP contribution < -0.4 is 5.32 Å². The van der Waals surface area contributed by atoms with Gasteiger partial charge in [-0.05, 0) is 42.3 Å². The fraction of sp³-hybridized carbons (Fsp3) is 0.400. The van der Waals surface area contributed by atoms with Crippen molar-refractivity contribution < 1.29 is 0 Å². The number of hydrogen-bond acceptors (Lipinski definition) is 1. The van der Waals surface area contributed by atoms with Gasteiger partial charge in [-0.3, -0.25) is 0 Å². The Bertz CT molecular complexity index is 549. The molecule has 3 rings (SSSR count). The van der Waals surface area contributed by atoms with Crippen molar-refractivity contribution in [3.05, 3.63) is 71.8 Å². The Morgan fingerprint density at radius 3 is 2.38 bits per heavy atom. The molecule has 110 valence electrons. The van der Waals surface area contributed by atoms with E-state index in [1.165, 1.54) is 30.4 Å². The van der Waals surface area contributed by atoms with E-state index in [2.05, 4.69) is 72.9 Å². The van der Waals surface area contributed by atoms with Crippen molar-refractivity contribution in [1.82, 2.24) is 5.32 Å². The van der Waals surface area contributed by atoms with Gasteiger partial charge in [0.2, 0.25) is 0 Å². The molecule has 0 bridgehead atoms. The zero-order valence-electron chi connectivity index (χ0n) is 12.9. The van der Waals surface area contributed by atoms with Crippen LogP contribution in [0.2, 0.25) is 0 Å². The van der Waals surface area contributed by atoms with Crippen LogP contribution >= 0.6 is 0 Å². The predicted octanol–water partition coefficient (Wildman–Crippen LogP) is 4.40. The second kappa shape index (κ2) is 6.44. The molecule has 0 aromatic heterocycles. The first kappa shape index (κ1) is 14.3. The second-order valence-electron chi connectivity index (χ2n) is 6.56. The number of nitrogens with one attached hydrogen (secondary N) is 1. The third-order valence-corrected chi connectivity index (χ3v) is 5.09. The number of benzene rings is 2. The van der Waals surface area contributed by atoms with Crippen LogP contribution in [0.5, 0.6) is 0 Å². The van der Waals surface area contributed by atoms with Gasteiger partial charge < -0.3 is 5.32 Å². The summed E-state index contributed by atoms with van der Waals surface area (Å²) >= 11 is 0. The summed E-state index contributed by atoms with van der Waals surface area (Å²) in [6.45, 7) is 4.73. The first-order valence-electron chi connectivity index (χ1n) is 8.07. The summed E-state index contributed by atoms with van der Waals surface area (Å²) < 4.78 is 0. The van der Waals surface area contributed by atoms with Crippen molar-refractivity contribution in [2.45, 2.75) is 32.1 Å². The zero-order chi connectivity index (χ0) is 14.5. The number of hydrogen-bond donors (Lipinski definition) is 1. The van der Waals surface area contributed by atoms with E-state index in [1.54, 1.807) is 0 Å². The lowest BCUT2D eigenvalue weighted by molar-refractivity contribution is 0.172. The topological polar surface area (TPSA) is 12.0 Å². The van der Waals surface area contributed by atoms with Gasteiger partial charge in [0.1, 0.15) is 0 Å². The summed E-state index contributed by atoms with van der Waals surface area (Å²) in [6.07, 6.45) is 3.71. The minimum atomic E-state index is 0.391. The van der Waals surface area contributed by atoms with Crippen molar-refractivity contribution >= 4 is 0 Å². The molecule has 1 nitrogen and oxygen atoms in total. The number of rotatable bonds is 4. The van der Waals surface area contributed by atoms with Gasteiger partial charge in [-0.25, -0.2) is 0 Å². The maximum Gasteiger partial charge on any atom is 0.00254 e. The molecule has 0 amide bonds. The highest BCUT2D eigenvalue weighted by atomic mass is 14.9. The van der Waals surface area contributed by atoms with Gasteiger partial charge in [0.25, 0.3) is 0 Å². The van der Waals surface area contributed by atoms with E-state index < -0.39 is 0 Å². The molecule has 1 aliphatic heterocycles. The number of aryl methyl sites for hydroxylation is 1. The molecule has 1 saturated heterocycles. The molecule has 2 aromatic carbocycles. The highest BCUT2D eigenvalue weighted by Gasteiger charge is 2.36. The van der Waals surface area contributed by atoms with Crippen LogP contribution in [0, 0.1) is 5.41 Å². The predicted molar refractivity (Wildman–Crippen MR) is 89.5 cm³/mol. The average molecular weight is 279 g/mol. The Balaban J connectivity index is 1.76. The quantitative estimate of drug-likeness (QED) is 0.874. The standard InChI is InChI=1S/C20H25N/c1-20(13-12-17-8-4-2-5-9-17)14-15-21-16-19(20)18-10-6-3-7-11-18/h2-11,19,21H,12-16H2,1H3. The summed E-state index contributed by atoms with van der Waals surface area (Å²) in [4.78, 5) is 0. The van der Waals surface area contributed by atoms with Gasteiger partial charge in [0, 0.05) is 12.5 Å². The largest absolute Gasteiger partial charge is 0.316 e. The van der Waals surface area contributed by atoms with Gasteiger partial charge in [-0.2, -0.15) is 0 Å². The third-order valence-electron chi connectivity index (χ3n) is 5.09. The summed E-state index contributed by atoms with van der Waals surface area (Å²) in [6, 6.07) is 21.9. The van der Waals surface area contributed by atoms with E-state index in [0.717, 1.165) is 13.1 Å². The highest BCUT2D eigenvalue weighted by molar-refractivity contribution is 5.24. The second-order valence-corrected chi connectivity index (χ2v) is 6.56. The summed E-state index contributed by atoms with van der Waals surface area (Å²) in [5.41, 5.74) is 3.34. The zero-order valence-corrected chi connectivity index (χ0v) is 12.9. The van der Waals surface area contributed by atoms with Crippen LogP contribution in [0.15, 0.2) is 60.7 Å². The Hall–Kier alpha value is -1.60. The van der Waals surface area contributed by atoms with Crippen molar-refractivity contribution in [2.24, 2.45) is 5.41 Å². The molecule has 1 heterocycles. The van der Waals surface area contributed by atoms with Crippen molar-refractivity contribution in [3.63, 3.8) is 0 Å². The SMILES string of the molecule is CC1(CCc2ccccc2)CCNCC1c1ccccc1. The molecule has 2 aromatic rings. The maximum atomic E-state index is 3.59. The summed E-state index contributed by atoms with van der Waals surface area (Å²) in [5, 5.41) is 3.59. The van der Waals surface area contributed by atoms with E-state index in [1.807, 2.05) is 0 Å². The molecule has 2 atom stereocenters. The highest BCUT2D eigenvalue weighted by Crippen LogP contribution is 2.43. The van der Waals surface area contributed by atoms with Crippen LogP contribution in [0.1, 0.15) is 36.8 Å². The van der Waals surface area contributed by atoms with Crippen LogP contribution in [-0.4, -0.2) is 13.1 Å². The van der Waals surface area contributed by atoms with Gasteiger partial charge in [-0.15, -0.1) is 0 Å². The van der Waals surface area contributed by atoms with E-state index >= 15 is 0 Å². The molecule has 1 N–H and O–H groups in total. The van der Waals surface area contributed by atoms with E-state index in [-0.39, 0.29) is 0 Å². The fourth-order valence-electron chi connectivity index (χ4n) is 3.62. The molecule has 0 saturated carbocycles. The van der Waals surface area contributed by atoms with E-state index in [9.17, 15) is 0 Å². The first-order valence-corrected chi connectivity index (χ1v) is 8.07. The molecular weight excluding hydrogens is 254 g/mol. The monoisotopic (exact) mass is 279 g/mol. The van der Waals surface area contributed by atoms with Gasteiger partial charge >= 0.3 is 0 Å². The minimum Gasteiger partial charge on any atom is -0.316 e. The minimum absolute atomic E-state index is 0.391. The molecule has 0 radical (unpaired) electrons.